The Labute approximate surface area is 58.3 Å². The van der Waals surface area contributed by atoms with Crippen LogP contribution in [0.15, 0.2) is 0 Å². The lowest BCUT2D eigenvalue weighted by Crippen LogP contribution is -1.79. The van der Waals surface area contributed by atoms with E-state index in [2.05, 4.69) is 42.1 Å². The van der Waals surface area contributed by atoms with Crippen LogP contribution in [0.4, 0.5) is 0 Å². The summed E-state index contributed by atoms with van der Waals surface area (Å²) in [5, 5.41) is 0. The van der Waals surface area contributed by atoms with Crippen LogP contribution in [0.3, 0.4) is 0 Å². The molecule has 0 nitrogen and oxygen atoms in total. The second-order valence-electron chi connectivity index (χ2n) is 1.22. The molecule has 1 unspecified atom stereocenters. The van der Waals surface area contributed by atoms with Crippen LogP contribution >= 0.6 is 35.2 Å². The topological polar surface area (TPSA) is 0 Å². The van der Waals surface area contributed by atoms with Gasteiger partial charge < -0.3 is 0 Å². The molecule has 0 aromatic heterocycles. The molecule has 0 bridgehead atoms. The molecule has 1 atom stereocenters. The van der Waals surface area contributed by atoms with Gasteiger partial charge in [0.15, 0.2) is 0 Å². The summed E-state index contributed by atoms with van der Waals surface area (Å²) in [4.78, 5) is 0. The molecule has 0 N–H and O–H groups in total. The zero-order valence-corrected chi connectivity index (χ0v) is 6.87. The molecule has 0 aliphatic carbocycles. The summed E-state index contributed by atoms with van der Waals surface area (Å²) < 4.78 is 0.563. The lowest BCUT2D eigenvalue weighted by molar-refractivity contribution is 0.886. The summed E-state index contributed by atoms with van der Waals surface area (Å²) >= 11 is 6.47. The first-order valence-electron chi connectivity index (χ1n) is 2.09. The Morgan fingerprint density at radius 3 is 2.33 bits per heavy atom. The molecule has 38 valence electrons. The van der Waals surface area contributed by atoms with E-state index >= 15 is 0 Å². The lowest BCUT2D eigenvalue weighted by Gasteiger charge is -1.93. The van der Waals surface area contributed by atoms with Crippen LogP contribution < -0.4 is 0 Å². The second kappa shape index (κ2) is 4.24. The van der Waals surface area contributed by atoms with Crippen molar-refractivity contribution in [3.63, 3.8) is 0 Å². The van der Waals surface area contributed by atoms with Crippen molar-refractivity contribution in [2.45, 2.75) is 23.0 Å². The van der Waals surface area contributed by atoms with Crippen LogP contribution in [-0.4, -0.2) is 3.26 Å². The molecule has 0 heterocycles. The first-order valence-corrected chi connectivity index (χ1v) is 3.85. The van der Waals surface area contributed by atoms with Crippen LogP contribution in [0, 0.1) is 0 Å². The average molecular weight is 216 g/mol. The van der Waals surface area contributed by atoms with Gasteiger partial charge in [0.25, 0.3) is 0 Å². The third-order valence-electron chi connectivity index (χ3n) is 0.527. The summed E-state index contributed by atoms with van der Waals surface area (Å²) in [7, 11) is 0. The van der Waals surface area contributed by atoms with Gasteiger partial charge in [-0.05, 0) is 6.42 Å². The fourth-order valence-corrected chi connectivity index (χ4v) is 1.12. The molecular weight excluding hydrogens is 207 g/mol. The molecule has 0 aliphatic heterocycles. The van der Waals surface area contributed by atoms with Gasteiger partial charge in [-0.2, -0.15) is 12.6 Å². The van der Waals surface area contributed by atoms with Gasteiger partial charge in [-0.15, -0.1) is 0 Å². The van der Waals surface area contributed by atoms with Crippen molar-refractivity contribution in [3.8, 4) is 0 Å². The predicted molar refractivity (Wildman–Crippen MR) is 41.7 cm³/mol. The van der Waals surface area contributed by atoms with Crippen LogP contribution in [-0.2, 0) is 0 Å². The SMILES string of the molecule is CCCC(S)I. The third-order valence-corrected chi connectivity index (χ3v) is 1.41. The normalized spacial score (nSPS) is 14.5. The van der Waals surface area contributed by atoms with E-state index in [1.54, 1.807) is 0 Å². The second-order valence-corrected chi connectivity index (χ2v) is 4.34. The van der Waals surface area contributed by atoms with Crippen molar-refractivity contribution >= 4 is 35.2 Å². The maximum absolute atomic E-state index is 4.16. The maximum Gasteiger partial charge on any atom is 0.0534 e. The number of hydrogen-bond acceptors (Lipinski definition) is 1. The number of rotatable bonds is 2. The van der Waals surface area contributed by atoms with Crippen molar-refractivity contribution in [2.24, 2.45) is 0 Å². The molecule has 0 radical (unpaired) electrons. The Kier molecular flexibility index (Phi) is 5.01. The van der Waals surface area contributed by atoms with Gasteiger partial charge >= 0.3 is 0 Å². The molecule has 0 aliphatic rings. The van der Waals surface area contributed by atoms with E-state index in [-0.39, 0.29) is 0 Å². The van der Waals surface area contributed by atoms with Crippen LogP contribution in [0.5, 0.6) is 0 Å². The highest BCUT2D eigenvalue weighted by Crippen LogP contribution is 2.10. The van der Waals surface area contributed by atoms with Gasteiger partial charge in [0.05, 0.1) is 3.26 Å². The van der Waals surface area contributed by atoms with E-state index < -0.39 is 0 Å². The number of hydrogen-bond donors (Lipinski definition) is 1. The molecule has 0 aromatic rings. The van der Waals surface area contributed by atoms with Gasteiger partial charge in [-0.1, -0.05) is 35.9 Å². The van der Waals surface area contributed by atoms with Gasteiger partial charge in [0.1, 0.15) is 0 Å². The zero-order valence-electron chi connectivity index (χ0n) is 3.82. The van der Waals surface area contributed by atoms with E-state index in [0.29, 0.717) is 3.26 Å². The molecule has 0 aromatic carbocycles. The largest absolute Gasteiger partial charge is 0.165 e. The average Bonchev–Trinajstić information content (AvgIpc) is 1.35. The molecule has 0 spiro atoms. The maximum atomic E-state index is 4.16. The van der Waals surface area contributed by atoms with Gasteiger partial charge in [-0.3, -0.25) is 0 Å². The van der Waals surface area contributed by atoms with Crippen LogP contribution in [0.1, 0.15) is 19.8 Å². The molecule has 0 rings (SSSR count). The zero-order chi connectivity index (χ0) is 4.99. The Bertz CT molecular complexity index is 28.7. The van der Waals surface area contributed by atoms with Crippen LogP contribution in [0.2, 0.25) is 0 Å². The summed E-state index contributed by atoms with van der Waals surface area (Å²) in [6.45, 7) is 2.17. The highest BCUT2D eigenvalue weighted by atomic mass is 127. The summed E-state index contributed by atoms with van der Waals surface area (Å²) in [5.41, 5.74) is 0. The minimum atomic E-state index is 0.563. The van der Waals surface area contributed by atoms with E-state index in [0.717, 1.165) is 0 Å². The molecule has 0 amide bonds. The van der Waals surface area contributed by atoms with E-state index in [9.17, 15) is 0 Å². The standard InChI is InChI=1S/C4H9IS/c1-2-3-4(5)6/h4,6H,2-3H2,1H3. The van der Waals surface area contributed by atoms with Crippen LogP contribution in [0.25, 0.3) is 0 Å². The lowest BCUT2D eigenvalue weighted by atomic mass is 10.4. The minimum absolute atomic E-state index is 0.563. The fraction of sp³-hybridized carbons (Fsp3) is 1.00. The first kappa shape index (κ1) is 7.08. The smallest absolute Gasteiger partial charge is 0.0534 e. The van der Waals surface area contributed by atoms with Crippen molar-refractivity contribution in [1.29, 1.82) is 0 Å². The van der Waals surface area contributed by atoms with Crippen molar-refractivity contribution < 1.29 is 0 Å². The molecule has 0 fully saturated rings. The third kappa shape index (κ3) is 5.08. The van der Waals surface area contributed by atoms with Gasteiger partial charge in [-0.25, -0.2) is 0 Å². The van der Waals surface area contributed by atoms with E-state index in [1.165, 1.54) is 12.8 Å². The van der Waals surface area contributed by atoms with Crippen molar-refractivity contribution in [2.75, 3.05) is 0 Å². The first-order chi connectivity index (χ1) is 2.77. The Balaban J connectivity index is 2.63. The Morgan fingerprint density at radius 1 is 1.83 bits per heavy atom. The Hall–Kier alpha value is 1.08. The minimum Gasteiger partial charge on any atom is -0.165 e. The Morgan fingerprint density at radius 2 is 2.33 bits per heavy atom. The molecule has 0 saturated heterocycles. The van der Waals surface area contributed by atoms with Crippen molar-refractivity contribution in [1.82, 2.24) is 0 Å². The number of halogens is 1. The molecule has 6 heavy (non-hydrogen) atoms. The molecule has 2 heteroatoms. The molecular formula is C4H9IS. The van der Waals surface area contributed by atoms with E-state index in [4.69, 9.17) is 0 Å². The monoisotopic (exact) mass is 216 g/mol. The fourth-order valence-electron chi connectivity index (χ4n) is 0.238. The van der Waals surface area contributed by atoms with Gasteiger partial charge in [0, 0.05) is 0 Å². The summed E-state index contributed by atoms with van der Waals surface area (Å²) in [6, 6.07) is 0. The number of alkyl halides is 1. The summed E-state index contributed by atoms with van der Waals surface area (Å²) in [6.07, 6.45) is 2.47. The predicted octanol–water partition coefficient (Wildman–Crippen LogP) is 2.48. The van der Waals surface area contributed by atoms with Gasteiger partial charge in [0.2, 0.25) is 0 Å². The van der Waals surface area contributed by atoms with Crippen molar-refractivity contribution in [3.05, 3.63) is 0 Å². The highest BCUT2D eigenvalue weighted by molar-refractivity contribution is 14.1. The summed E-state index contributed by atoms with van der Waals surface area (Å²) in [5.74, 6) is 0. The highest BCUT2D eigenvalue weighted by Gasteiger charge is 1.88. The number of thiol groups is 1. The molecule has 0 saturated carbocycles. The quantitative estimate of drug-likeness (QED) is 0.409. The van der Waals surface area contributed by atoms with E-state index in [1.807, 2.05) is 0 Å².